The number of nitro groups is 1. The molecule has 1 aromatic rings. The second kappa shape index (κ2) is 7.21. The molecule has 0 bridgehead atoms. The van der Waals surface area contributed by atoms with Crippen LogP contribution in [0.15, 0.2) is 12.1 Å². The zero-order chi connectivity index (χ0) is 15.2. The molecule has 2 unspecified atom stereocenters. The highest BCUT2D eigenvalue weighted by Gasteiger charge is 2.25. The van der Waals surface area contributed by atoms with Crippen molar-refractivity contribution >= 4 is 17.3 Å². The first-order chi connectivity index (χ1) is 10.1. The van der Waals surface area contributed by atoms with Crippen molar-refractivity contribution in [2.75, 3.05) is 17.2 Å². The van der Waals surface area contributed by atoms with Crippen molar-refractivity contribution in [3.05, 3.63) is 22.2 Å². The van der Waals surface area contributed by atoms with Gasteiger partial charge in [-0.15, -0.1) is 0 Å². The molecule has 1 fully saturated rings. The average Bonchev–Trinajstić information content (AvgIpc) is 2.64. The largest absolute Gasteiger partial charge is 0.391 e. The Kier molecular flexibility index (Phi) is 5.32. The predicted molar refractivity (Wildman–Crippen MR) is 81.6 cm³/mol. The minimum atomic E-state index is -0.489. The molecule has 0 radical (unpaired) electrons. The second-order valence-corrected chi connectivity index (χ2v) is 5.31. The van der Waals surface area contributed by atoms with Crippen LogP contribution in [0.25, 0.3) is 0 Å². The number of nitrogens with zero attached hydrogens (tertiary/aromatic N) is 2. The first-order valence-corrected chi connectivity index (χ1v) is 7.45. The highest BCUT2D eigenvalue weighted by atomic mass is 16.6. The molecule has 1 aliphatic rings. The van der Waals surface area contributed by atoms with Crippen LogP contribution in [0.5, 0.6) is 0 Å². The van der Waals surface area contributed by atoms with Gasteiger partial charge in [0.1, 0.15) is 5.82 Å². The molecule has 7 heteroatoms. The third kappa shape index (κ3) is 4.04. The van der Waals surface area contributed by atoms with E-state index in [9.17, 15) is 15.2 Å². The number of aromatic nitrogens is 1. The van der Waals surface area contributed by atoms with Crippen molar-refractivity contribution in [1.29, 1.82) is 0 Å². The summed E-state index contributed by atoms with van der Waals surface area (Å²) in [5.74, 6) is 0.818. The quantitative estimate of drug-likeness (QED) is 0.438. The van der Waals surface area contributed by atoms with Crippen molar-refractivity contribution in [3.8, 4) is 0 Å². The molecule has 0 spiro atoms. The third-order valence-electron chi connectivity index (χ3n) is 3.73. The van der Waals surface area contributed by atoms with Gasteiger partial charge < -0.3 is 15.7 Å². The number of rotatable bonds is 5. The van der Waals surface area contributed by atoms with Crippen LogP contribution < -0.4 is 10.6 Å². The lowest BCUT2D eigenvalue weighted by atomic mass is 10.1. The Morgan fingerprint density at radius 1 is 1.38 bits per heavy atom. The number of aliphatic hydroxyl groups excluding tert-OH is 1. The summed E-state index contributed by atoms with van der Waals surface area (Å²) < 4.78 is 0. The number of anilines is 2. The second-order valence-electron chi connectivity index (χ2n) is 5.31. The van der Waals surface area contributed by atoms with Gasteiger partial charge in [-0.05, 0) is 25.8 Å². The van der Waals surface area contributed by atoms with Crippen LogP contribution in [0.1, 0.15) is 39.0 Å². The maximum absolute atomic E-state index is 11.1. The maximum atomic E-state index is 11.1. The fraction of sp³-hybridized carbons (Fsp3) is 0.643. The number of aliphatic hydroxyl groups is 1. The smallest absolute Gasteiger partial charge is 0.311 e. The van der Waals surface area contributed by atoms with Crippen LogP contribution >= 0.6 is 0 Å². The highest BCUT2D eigenvalue weighted by molar-refractivity contribution is 5.60. The molecule has 2 rings (SSSR count). The Morgan fingerprint density at radius 2 is 2.14 bits per heavy atom. The van der Waals surface area contributed by atoms with Gasteiger partial charge in [0, 0.05) is 12.6 Å². The standard InChI is InChI=1S/C14H22N4O3/c1-2-15-13-9-8-11(18(20)21)14(17-13)16-10-6-4-3-5-7-12(10)19/h8-10,12,19H,2-7H2,1H3,(H2,15,16,17). The lowest BCUT2D eigenvalue weighted by Crippen LogP contribution is -2.33. The van der Waals surface area contributed by atoms with Gasteiger partial charge in [0.25, 0.3) is 0 Å². The Labute approximate surface area is 123 Å². The average molecular weight is 294 g/mol. The van der Waals surface area contributed by atoms with Gasteiger partial charge >= 0.3 is 5.69 Å². The highest BCUT2D eigenvalue weighted by Crippen LogP contribution is 2.28. The van der Waals surface area contributed by atoms with E-state index in [4.69, 9.17) is 0 Å². The molecule has 7 nitrogen and oxygen atoms in total. The molecule has 1 heterocycles. The van der Waals surface area contributed by atoms with Crippen LogP contribution in [0.4, 0.5) is 17.3 Å². The molecular weight excluding hydrogens is 272 g/mol. The lowest BCUT2D eigenvalue weighted by molar-refractivity contribution is -0.384. The first kappa shape index (κ1) is 15.5. The van der Waals surface area contributed by atoms with Crippen LogP contribution in [0.3, 0.4) is 0 Å². The number of hydrogen-bond acceptors (Lipinski definition) is 6. The van der Waals surface area contributed by atoms with E-state index in [1.54, 1.807) is 6.07 Å². The maximum Gasteiger partial charge on any atom is 0.311 e. The van der Waals surface area contributed by atoms with Crippen molar-refractivity contribution in [1.82, 2.24) is 4.98 Å². The monoisotopic (exact) mass is 294 g/mol. The van der Waals surface area contributed by atoms with Gasteiger partial charge in [-0.2, -0.15) is 0 Å². The van der Waals surface area contributed by atoms with Crippen molar-refractivity contribution in [3.63, 3.8) is 0 Å². The van der Waals surface area contributed by atoms with Crippen molar-refractivity contribution in [2.24, 2.45) is 0 Å². The molecular formula is C14H22N4O3. The van der Waals surface area contributed by atoms with E-state index >= 15 is 0 Å². The molecule has 21 heavy (non-hydrogen) atoms. The fourth-order valence-corrected chi connectivity index (χ4v) is 2.62. The molecule has 0 aromatic carbocycles. The molecule has 0 saturated heterocycles. The molecule has 1 saturated carbocycles. The summed E-state index contributed by atoms with van der Waals surface area (Å²) in [6.45, 7) is 2.63. The molecule has 1 aromatic heterocycles. The normalized spacial score (nSPS) is 22.4. The Morgan fingerprint density at radius 3 is 2.86 bits per heavy atom. The van der Waals surface area contributed by atoms with E-state index in [2.05, 4.69) is 15.6 Å². The Balaban J connectivity index is 2.22. The molecule has 116 valence electrons. The van der Waals surface area contributed by atoms with Crippen molar-refractivity contribution < 1.29 is 10.0 Å². The third-order valence-corrected chi connectivity index (χ3v) is 3.73. The number of hydrogen-bond donors (Lipinski definition) is 3. The summed E-state index contributed by atoms with van der Waals surface area (Å²) in [6, 6.07) is 2.85. The zero-order valence-electron chi connectivity index (χ0n) is 12.2. The van der Waals surface area contributed by atoms with Gasteiger partial charge in [-0.25, -0.2) is 4.98 Å². The van der Waals surface area contributed by atoms with Crippen LogP contribution in [-0.2, 0) is 0 Å². The van der Waals surface area contributed by atoms with E-state index in [1.807, 2.05) is 6.92 Å². The topological polar surface area (TPSA) is 100 Å². The Hall–Kier alpha value is -1.89. The lowest BCUT2D eigenvalue weighted by Gasteiger charge is -2.22. The molecule has 0 aliphatic heterocycles. The van der Waals surface area contributed by atoms with Crippen LogP contribution in [0.2, 0.25) is 0 Å². The van der Waals surface area contributed by atoms with Crippen molar-refractivity contribution in [2.45, 2.75) is 51.2 Å². The minimum absolute atomic E-state index is 0.0619. The zero-order valence-corrected chi connectivity index (χ0v) is 12.2. The molecule has 2 atom stereocenters. The van der Waals surface area contributed by atoms with E-state index in [-0.39, 0.29) is 17.5 Å². The summed E-state index contributed by atoms with van der Waals surface area (Å²) in [6.07, 6.45) is 4.12. The summed E-state index contributed by atoms with van der Waals surface area (Å²) in [5.41, 5.74) is -0.0619. The number of nitrogens with one attached hydrogen (secondary N) is 2. The summed E-state index contributed by atoms with van der Waals surface area (Å²) in [5, 5.41) is 27.4. The number of pyridine rings is 1. The Bertz CT molecular complexity index is 495. The first-order valence-electron chi connectivity index (χ1n) is 7.45. The van der Waals surface area contributed by atoms with Crippen LogP contribution in [-0.4, -0.2) is 33.7 Å². The van der Waals surface area contributed by atoms with Gasteiger partial charge in [0.15, 0.2) is 0 Å². The predicted octanol–water partition coefficient (Wildman–Crippen LogP) is 2.53. The van der Waals surface area contributed by atoms with Gasteiger partial charge in [0.05, 0.1) is 17.1 Å². The molecule has 1 aliphatic carbocycles. The molecule has 0 amide bonds. The fourth-order valence-electron chi connectivity index (χ4n) is 2.62. The molecule has 3 N–H and O–H groups in total. The summed E-state index contributed by atoms with van der Waals surface area (Å²) >= 11 is 0. The summed E-state index contributed by atoms with van der Waals surface area (Å²) in [7, 11) is 0. The minimum Gasteiger partial charge on any atom is -0.391 e. The van der Waals surface area contributed by atoms with Gasteiger partial charge in [0.2, 0.25) is 5.82 Å². The van der Waals surface area contributed by atoms with Crippen LogP contribution in [0, 0.1) is 10.1 Å². The van der Waals surface area contributed by atoms with E-state index in [0.29, 0.717) is 12.4 Å². The van der Waals surface area contributed by atoms with Gasteiger partial charge in [-0.3, -0.25) is 10.1 Å². The van der Waals surface area contributed by atoms with Gasteiger partial charge in [-0.1, -0.05) is 19.3 Å². The van der Waals surface area contributed by atoms with E-state index < -0.39 is 11.0 Å². The van der Waals surface area contributed by atoms with E-state index in [1.165, 1.54) is 6.07 Å². The van der Waals surface area contributed by atoms with E-state index in [0.717, 1.165) is 32.1 Å². The SMILES string of the molecule is CCNc1ccc([N+](=O)[O-])c(NC2CCCCCC2O)n1. The summed E-state index contributed by atoms with van der Waals surface area (Å²) in [4.78, 5) is 14.9.